The highest BCUT2D eigenvalue weighted by molar-refractivity contribution is 9.10. The second-order valence-electron chi connectivity index (χ2n) is 5.76. The summed E-state index contributed by atoms with van der Waals surface area (Å²) < 4.78 is 21.7. The van der Waals surface area contributed by atoms with Gasteiger partial charge in [0.1, 0.15) is 5.75 Å². The fraction of sp³-hybridized carbons (Fsp3) is 0.286. The highest BCUT2D eigenvalue weighted by Gasteiger charge is 2.17. The third kappa shape index (κ3) is 5.34. The number of hydrogen-bond donors (Lipinski definition) is 0. The molecule has 0 unspecified atom stereocenters. The van der Waals surface area contributed by atoms with Crippen LogP contribution in [0, 0.1) is 0 Å². The molecule has 0 radical (unpaired) electrons. The molecule has 0 fully saturated rings. The van der Waals surface area contributed by atoms with E-state index in [1.807, 2.05) is 24.3 Å². The zero-order chi connectivity index (χ0) is 19.8. The predicted molar refractivity (Wildman–Crippen MR) is 108 cm³/mol. The summed E-state index contributed by atoms with van der Waals surface area (Å²) in [5.41, 5.74) is 2.44. The molecule has 2 aromatic rings. The average Bonchev–Trinajstić information content (AvgIpc) is 2.67. The van der Waals surface area contributed by atoms with E-state index in [0.29, 0.717) is 33.7 Å². The molecule has 0 atom stereocenters. The summed E-state index contributed by atoms with van der Waals surface area (Å²) >= 11 is 3.45. The molecular formula is C21H23BrO5. The maximum Gasteiger partial charge on any atom is 0.188 e. The van der Waals surface area contributed by atoms with E-state index < -0.39 is 0 Å². The normalized spacial score (nSPS) is 10.4. The first-order chi connectivity index (χ1) is 13.0. The van der Waals surface area contributed by atoms with Crippen molar-refractivity contribution in [3.05, 3.63) is 64.1 Å². The first-order valence-corrected chi connectivity index (χ1v) is 9.12. The van der Waals surface area contributed by atoms with Gasteiger partial charge >= 0.3 is 0 Å². The van der Waals surface area contributed by atoms with Crippen molar-refractivity contribution >= 4 is 21.7 Å². The predicted octanol–water partition coefficient (Wildman–Crippen LogP) is 4.60. The molecule has 2 rings (SSSR count). The molecule has 2 aromatic carbocycles. The SMILES string of the molecule is C=CCc1ccc(OCOC)cc1CC(=O)c1cc(OC)c(OC)cc1Br. The zero-order valence-electron chi connectivity index (χ0n) is 15.7. The summed E-state index contributed by atoms with van der Waals surface area (Å²) in [7, 11) is 4.66. The molecule has 0 aliphatic rings. The van der Waals surface area contributed by atoms with Crippen LogP contribution in [0.25, 0.3) is 0 Å². The van der Waals surface area contributed by atoms with Crippen molar-refractivity contribution in [1.82, 2.24) is 0 Å². The molecule has 0 spiro atoms. The molecule has 0 N–H and O–H groups in total. The van der Waals surface area contributed by atoms with Gasteiger partial charge in [-0.2, -0.15) is 0 Å². The van der Waals surface area contributed by atoms with Crippen LogP contribution < -0.4 is 14.2 Å². The van der Waals surface area contributed by atoms with Crippen molar-refractivity contribution in [3.8, 4) is 17.2 Å². The second-order valence-corrected chi connectivity index (χ2v) is 6.62. The maximum absolute atomic E-state index is 13.0. The summed E-state index contributed by atoms with van der Waals surface area (Å²) in [5, 5.41) is 0. The number of allylic oxidation sites excluding steroid dienone is 1. The minimum absolute atomic E-state index is 0.0444. The Kier molecular flexibility index (Phi) is 7.88. The van der Waals surface area contributed by atoms with Crippen LogP contribution in [0.2, 0.25) is 0 Å². The minimum atomic E-state index is -0.0444. The minimum Gasteiger partial charge on any atom is -0.493 e. The first kappa shape index (κ1) is 21.0. The molecule has 0 bridgehead atoms. The number of hydrogen-bond acceptors (Lipinski definition) is 5. The summed E-state index contributed by atoms with van der Waals surface area (Å²) in [6.07, 6.45) is 2.70. The van der Waals surface area contributed by atoms with E-state index in [9.17, 15) is 4.79 Å². The topological polar surface area (TPSA) is 54.0 Å². The highest BCUT2D eigenvalue weighted by Crippen LogP contribution is 2.34. The summed E-state index contributed by atoms with van der Waals surface area (Å²) in [4.78, 5) is 13.0. The molecule has 0 saturated heterocycles. The molecule has 6 heteroatoms. The fourth-order valence-electron chi connectivity index (χ4n) is 2.67. The van der Waals surface area contributed by atoms with Crippen molar-refractivity contribution in [2.45, 2.75) is 12.8 Å². The second kappa shape index (κ2) is 10.1. The Balaban J connectivity index is 2.34. The number of carbonyl (C=O) groups excluding carboxylic acids is 1. The number of Topliss-reactive ketones (excluding diaryl/α,β-unsaturated/α-hetero) is 1. The average molecular weight is 435 g/mol. The molecule has 27 heavy (non-hydrogen) atoms. The van der Waals surface area contributed by atoms with Gasteiger partial charge in [0.15, 0.2) is 24.1 Å². The quantitative estimate of drug-likeness (QED) is 0.310. The third-order valence-corrected chi connectivity index (χ3v) is 4.67. The van der Waals surface area contributed by atoms with Crippen LogP contribution in [0.3, 0.4) is 0 Å². The van der Waals surface area contributed by atoms with Crippen molar-refractivity contribution in [3.63, 3.8) is 0 Å². The Morgan fingerprint density at radius 3 is 2.41 bits per heavy atom. The third-order valence-electron chi connectivity index (χ3n) is 4.01. The molecule has 0 amide bonds. The van der Waals surface area contributed by atoms with Gasteiger partial charge in [0.05, 0.1) is 14.2 Å². The van der Waals surface area contributed by atoms with E-state index in [0.717, 1.165) is 11.1 Å². The number of rotatable bonds is 10. The molecule has 5 nitrogen and oxygen atoms in total. The number of ether oxygens (including phenoxy) is 4. The van der Waals surface area contributed by atoms with Crippen LogP contribution in [-0.4, -0.2) is 33.9 Å². The standard InChI is InChI=1S/C21H23BrO5/c1-5-6-14-7-8-16(27-13-24-2)9-15(14)10-19(23)17-11-20(25-3)21(26-4)12-18(17)22/h5,7-9,11-12H,1,6,10,13H2,2-4H3. The van der Waals surface area contributed by atoms with Gasteiger partial charge in [-0.25, -0.2) is 0 Å². The van der Waals surface area contributed by atoms with Crippen LogP contribution in [0.15, 0.2) is 47.5 Å². The van der Waals surface area contributed by atoms with Gasteiger partial charge in [-0.15, -0.1) is 6.58 Å². The van der Waals surface area contributed by atoms with Crippen LogP contribution in [0.4, 0.5) is 0 Å². The van der Waals surface area contributed by atoms with Gasteiger partial charge < -0.3 is 18.9 Å². The Morgan fingerprint density at radius 1 is 1.07 bits per heavy atom. The lowest BCUT2D eigenvalue weighted by molar-refractivity contribution is 0.0511. The monoisotopic (exact) mass is 434 g/mol. The zero-order valence-corrected chi connectivity index (χ0v) is 17.3. The summed E-state index contributed by atoms with van der Waals surface area (Å²) in [5.74, 6) is 1.67. The Bertz CT molecular complexity index is 816. The van der Waals surface area contributed by atoms with E-state index in [4.69, 9.17) is 18.9 Å². The lowest BCUT2D eigenvalue weighted by atomic mass is 9.96. The largest absolute Gasteiger partial charge is 0.493 e. The van der Waals surface area contributed by atoms with Crippen molar-refractivity contribution in [2.75, 3.05) is 28.1 Å². The number of benzene rings is 2. The lowest BCUT2D eigenvalue weighted by Crippen LogP contribution is -2.08. The number of ketones is 1. The Labute approximate surface area is 168 Å². The molecule has 0 saturated carbocycles. The van der Waals surface area contributed by atoms with Gasteiger partial charge in [0, 0.05) is 23.6 Å². The van der Waals surface area contributed by atoms with Crippen molar-refractivity contribution in [2.24, 2.45) is 0 Å². The molecule has 0 heterocycles. The van der Waals surface area contributed by atoms with E-state index >= 15 is 0 Å². The van der Waals surface area contributed by atoms with Gasteiger partial charge in [-0.05, 0) is 57.7 Å². The fourth-order valence-corrected chi connectivity index (χ4v) is 3.22. The molecular weight excluding hydrogens is 412 g/mol. The molecule has 0 aromatic heterocycles. The summed E-state index contributed by atoms with van der Waals surface area (Å²) in [6, 6.07) is 9.08. The smallest absolute Gasteiger partial charge is 0.188 e. The Morgan fingerprint density at radius 2 is 1.78 bits per heavy atom. The van der Waals surface area contributed by atoms with E-state index in [2.05, 4.69) is 22.5 Å². The lowest BCUT2D eigenvalue weighted by Gasteiger charge is -2.13. The van der Waals surface area contributed by atoms with Crippen molar-refractivity contribution in [1.29, 1.82) is 0 Å². The number of halogens is 1. The Hall–Kier alpha value is -2.31. The highest BCUT2D eigenvalue weighted by atomic mass is 79.9. The summed E-state index contributed by atoms with van der Waals surface area (Å²) in [6.45, 7) is 3.94. The van der Waals surface area contributed by atoms with Crippen LogP contribution in [-0.2, 0) is 17.6 Å². The van der Waals surface area contributed by atoms with E-state index in [1.54, 1.807) is 33.5 Å². The molecule has 0 aliphatic carbocycles. The van der Waals surface area contributed by atoms with Crippen LogP contribution >= 0.6 is 15.9 Å². The number of carbonyl (C=O) groups is 1. The van der Waals surface area contributed by atoms with Gasteiger partial charge in [0.25, 0.3) is 0 Å². The van der Waals surface area contributed by atoms with Gasteiger partial charge in [0.2, 0.25) is 0 Å². The van der Waals surface area contributed by atoms with Gasteiger partial charge in [-0.3, -0.25) is 4.79 Å². The van der Waals surface area contributed by atoms with Crippen molar-refractivity contribution < 1.29 is 23.7 Å². The van der Waals surface area contributed by atoms with Crippen LogP contribution in [0.1, 0.15) is 21.5 Å². The number of methoxy groups -OCH3 is 3. The first-order valence-electron chi connectivity index (χ1n) is 8.33. The maximum atomic E-state index is 13.0. The molecule has 0 aliphatic heterocycles. The van der Waals surface area contributed by atoms with Crippen LogP contribution in [0.5, 0.6) is 17.2 Å². The van der Waals surface area contributed by atoms with Gasteiger partial charge in [-0.1, -0.05) is 12.1 Å². The van der Waals surface area contributed by atoms with E-state index in [1.165, 1.54) is 0 Å². The molecule has 144 valence electrons. The van der Waals surface area contributed by atoms with E-state index in [-0.39, 0.29) is 19.0 Å².